The number of allylic oxidation sites excluding steroid dienone is 2. The summed E-state index contributed by atoms with van der Waals surface area (Å²) in [6, 6.07) is 9.55. The number of carbonyl (C=O) groups is 1. The van der Waals surface area contributed by atoms with Crippen molar-refractivity contribution in [3.05, 3.63) is 60.0 Å². The minimum Gasteiger partial charge on any atom is -0.532 e. The average Bonchev–Trinajstić information content (AvgIpc) is 2.61. The lowest BCUT2D eigenvalue weighted by molar-refractivity contribution is 0.0673. The second-order valence-corrected chi connectivity index (χ2v) is 13.2. The van der Waals surface area contributed by atoms with E-state index < -0.39 is 8.32 Å². The summed E-state index contributed by atoms with van der Waals surface area (Å²) in [6.07, 6.45) is 9.42. The van der Waals surface area contributed by atoms with Crippen LogP contribution in [0, 0.1) is 0 Å². The van der Waals surface area contributed by atoms with Crippen LogP contribution in [-0.4, -0.2) is 25.2 Å². The molecule has 3 nitrogen and oxygen atoms in total. The van der Waals surface area contributed by atoms with E-state index in [0.717, 1.165) is 19.3 Å². The number of amides is 1. The summed E-state index contributed by atoms with van der Waals surface area (Å²) in [5.41, 5.74) is 0.699. The van der Waals surface area contributed by atoms with Gasteiger partial charge in [0.1, 0.15) is 0 Å². The van der Waals surface area contributed by atoms with Crippen LogP contribution in [0.15, 0.2) is 54.4 Å². The van der Waals surface area contributed by atoms with Gasteiger partial charge in [0.15, 0.2) is 5.88 Å². The maximum Gasteiger partial charge on any atom is 0.261 e. The fraction of sp³-hybridized carbons (Fsp3) is 0.500. The number of carbonyl (C=O) groups excluding carboxylic acids is 1. The summed E-state index contributed by atoms with van der Waals surface area (Å²) in [5.74, 6) is 0.705. The van der Waals surface area contributed by atoms with E-state index in [1.54, 1.807) is 0 Å². The van der Waals surface area contributed by atoms with Crippen molar-refractivity contribution in [3.63, 3.8) is 0 Å². The van der Waals surface area contributed by atoms with Gasteiger partial charge in [-0.1, -0.05) is 51.1 Å². The third kappa shape index (κ3) is 4.67. The van der Waals surface area contributed by atoms with Crippen LogP contribution in [-0.2, 0) is 4.43 Å². The molecule has 0 N–H and O–H groups in total. The molecule has 0 heterocycles. The zero-order chi connectivity index (χ0) is 19.4. The van der Waals surface area contributed by atoms with Gasteiger partial charge in [0.05, 0.1) is 6.04 Å². The molecule has 0 bridgehead atoms. The van der Waals surface area contributed by atoms with E-state index >= 15 is 0 Å². The molecule has 0 unspecified atom stereocenters. The number of hydrogen-bond acceptors (Lipinski definition) is 2. The molecule has 1 aliphatic rings. The van der Waals surface area contributed by atoms with Crippen LogP contribution < -0.4 is 0 Å². The predicted molar refractivity (Wildman–Crippen MR) is 111 cm³/mol. The minimum absolute atomic E-state index is 0.00830. The van der Waals surface area contributed by atoms with Crippen molar-refractivity contribution in [2.24, 2.45) is 0 Å². The average molecular weight is 372 g/mol. The first-order valence-electron chi connectivity index (χ1n) is 9.58. The summed E-state index contributed by atoms with van der Waals surface area (Å²) in [6.45, 7) is 13.1. The monoisotopic (exact) mass is 371 g/mol. The van der Waals surface area contributed by atoms with Gasteiger partial charge in [0, 0.05) is 5.56 Å². The molecule has 1 atom stereocenters. The summed E-state index contributed by atoms with van der Waals surface area (Å²) >= 11 is 0. The van der Waals surface area contributed by atoms with Gasteiger partial charge in [-0.25, -0.2) is 0 Å². The molecule has 0 fully saturated rings. The van der Waals surface area contributed by atoms with E-state index in [-0.39, 0.29) is 17.0 Å². The highest BCUT2D eigenvalue weighted by atomic mass is 28.4. The van der Waals surface area contributed by atoms with Crippen LogP contribution in [0.5, 0.6) is 0 Å². The van der Waals surface area contributed by atoms with Gasteiger partial charge in [0.25, 0.3) is 14.2 Å². The largest absolute Gasteiger partial charge is 0.532 e. The van der Waals surface area contributed by atoms with Gasteiger partial charge < -0.3 is 4.43 Å². The van der Waals surface area contributed by atoms with E-state index in [1.807, 2.05) is 48.2 Å². The lowest BCUT2D eigenvalue weighted by Crippen LogP contribution is -2.47. The highest BCUT2D eigenvalue weighted by molar-refractivity contribution is 6.74. The molecular formula is C22H33NO2Si. The van der Waals surface area contributed by atoms with Crippen molar-refractivity contribution in [1.29, 1.82) is 0 Å². The van der Waals surface area contributed by atoms with E-state index in [2.05, 4.69) is 46.0 Å². The highest BCUT2D eigenvalue weighted by Gasteiger charge is 2.41. The molecule has 2 rings (SSSR count). The molecule has 0 saturated carbocycles. The fourth-order valence-electron chi connectivity index (χ4n) is 2.81. The van der Waals surface area contributed by atoms with Crippen molar-refractivity contribution >= 4 is 14.2 Å². The Morgan fingerprint density at radius 3 is 2.38 bits per heavy atom. The Morgan fingerprint density at radius 2 is 1.88 bits per heavy atom. The minimum atomic E-state index is -2.05. The lowest BCUT2D eigenvalue weighted by atomic mass is 10.0. The Labute approximate surface area is 159 Å². The molecule has 4 heteroatoms. The SMILES string of the molecule is C/C=C(\O[Si](C)(C)C(C)(C)C)N(C(=O)c1ccccc1)[C@H]1C=CCCC1. The molecule has 142 valence electrons. The van der Waals surface area contributed by atoms with E-state index in [9.17, 15) is 4.79 Å². The van der Waals surface area contributed by atoms with Crippen molar-refractivity contribution in [2.45, 2.75) is 71.1 Å². The van der Waals surface area contributed by atoms with Crippen molar-refractivity contribution < 1.29 is 9.22 Å². The number of hydrogen-bond donors (Lipinski definition) is 0. The van der Waals surface area contributed by atoms with Crippen molar-refractivity contribution in [2.75, 3.05) is 0 Å². The van der Waals surface area contributed by atoms with Crippen molar-refractivity contribution in [3.8, 4) is 0 Å². The Morgan fingerprint density at radius 1 is 1.23 bits per heavy atom. The Bertz CT molecular complexity index is 671. The first-order valence-corrected chi connectivity index (χ1v) is 12.5. The first-order chi connectivity index (χ1) is 12.2. The van der Waals surface area contributed by atoms with Gasteiger partial charge >= 0.3 is 0 Å². The Balaban J connectivity index is 2.40. The molecule has 0 aromatic heterocycles. The van der Waals surface area contributed by atoms with Gasteiger partial charge in [0.2, 0.25) is 0 Å². The fourth-order valence-corrected chi connectivity index (χ4v) is 3.85. The number of rotatable bonds is 5. The van der Waals surface area contributed by atoms with Crippen LogP contribution in [0.25, 0.3) is 0 Å². The topological polar surface area (TPSA) is 29.5 Å². The van der Waals surface area contributed by atoms with Gasteiger partial charge in [-0.15, -0.1) is 0 Å². The van der Waals surface area contributed by atoms with Gasteiger partial charge in [-0.3, -0.25) is 9.69 Å². The van der Waals surface area contributed by atoms with Crippen LogP contribution in [0.4, 0.5) is 0 Å². The van der Waals surface area contributed by atoms with Gasteiger partial charge in [-0.05, 0) is 62.5 Å². The standard InChI is InChI=1S/C22H33NO2Si/c1-7-20(25-26(5,6)22(2,3)4)23(19-16-12-9-13-17-19)21(24)18-14-10-8-11-15-18/h7-8,10-12,14-16,19H,9,13,17H2,1-6H3/b20-7-/t19-/m0/s1. The molecule has 0 radical (unpaired) electrons. The second kappa shape index (κ2) is 8.25. The molecule has 0 saturated heterocycles. The molecule has 1 aromatic carbocycles. The van der Waals surface area contributed by atoms with Crippen LogP contribution in [0.1, 0.15) is 57.3 Å². The molecule has 1 amide bonds. The van der Waals surface area contributed by atoms with E-state index in [0.29, 0.717) is 11.4 Å². The summed E-state index contributed by atoms with van der Waals surface area (Å²) < 4.78 is 6.58. The Kier molecular flexibility index (Phi) is 6.51. The molecule has 0 aliphatic heterocycles. The van der Waals surface area contributed by atoms with Crippen molar-refractivity contribution in [1.82, 2.24) is 4.90 Å². The number of benzene rings is 1. The maximum absolute atomic E-state index is 13.4. The van der Waals surface area contributed by atoms with E-state index in [1.165, 1.54) is 0 Å². The Hall–Kier alpha value is -1.81. The zero-order valence-corrected chi connectivity index (χ0v) is 18.1. The predicted octanol–water partition coefficient (Wildman–Crippen LogP) is 6.12. The van der Waals surface area contributed by atoms with Crippen LogP contribution >= 0.6 is 0 Å². The number of nitrogens with zero attached hydrogens (tertiary/aromatic N) is 1. The molecule has 1 aliphatic carbocycles. The third-order valence-electron chi connectivity index (χ3n) is 5.45. The highest BCUT2D eigenvalue weighted by Crippen LogP contribution is 2.39. The lowest BCUT2D eigenvalue weighted by Gasteiger charge is -2.41. The van der Waals surface area contributed by atoms with Gasteiger partial charge in [-0.2, -0.15) is 0 Å². The summed E-state index contributed by atoms with van der Waals surface area (Å²) in [7, 11) is -2.05. The summed E-state index contributed by atoms with van der Waals surface area (Å²) in [5, 5.41) is 0.0745. The van der Waals surface area contributed by atoms with Crippen LogP contribution in [0.3, 0.4) is 0 Å². The molecule has 26 heavy (non-hydrogen) atoms. The normalized spacial score (nSPS) is 18.5. The third-order valence-corrected chi connectivity index (χ3v) is 9.78. The zero-order valence-electron chi connectivity index (χ0n) is 17.1. The quantitative estimate of drug-likeness (QED) is 0.354. The maximum atomic E-state index is 13.4. The molecular weight excluding hydrogens is 338 g/mol. The molecule has 0 spiro atoms. The first kappa shape index (κ1) is 20.5. The van der Waals surface area contributed by atoms with Crippen LogP contribution in [0.2, 0.25) is 18.1 Å². The summed E-state index contributed by atoms with van der Waals surface area (Å²) in [4.78, 5) is 15.2. The molecule has 1 aromatic rings. The van der Waals surface area contributed by atoms with E-state index in [4.69, 9.17) is 4.43 Å². The second-order valence-electron chi connectivity index (χ2n) is 8.46. The smallest absolute Gasteiger partial charge is 0.261 e.